The van der Waals surface area contributed by atoms with Crippen LogP contribution in [0, 0.1) is 0 Å². The summed E-state index contributed by atoms with van der Waals surface area (Å²) in [6, 6.07) is 3.10. The molecule has 0 bridgehead atoms. The van der Waals surface area contributed by atoms with Crippen LogP contribution in [0.25, 0.3) is 0 Å². The first-order chi connectivity index (χ1) is 12.0. The summed E-state index contributed by atoms with van der Waals surface area (Å²) >= 11 is 0. The molecule has 2 N–H and O–H groups in total. The van der Waals surface area contributed by atoms with Crippen LogP contribution in [0.2, 0.25) is 0 Å². The van der Waals surface area contributed by atoms with Crippen LogP contribution in [0.15, 0.2) is 12.1 Å². The number of alkyl carbamates (subject to hydrolysis) is 1. The number of nitrogens with zero attached hydrogens (tertiary/aromatic N) is 1. The summed E-state index contributed by atoms with van der Waals surface area (Å²) in [4.78, 5) is 35.8. The van der Waals surface area contributed by atoms with Crippen molar-refractivity contribution in [2.24, 2.45) is 0 Å². The number of methoxy groups -OCH3 is 1. The molecule has 1 atom stereocenters. The Morgan fingerprint density at radius 3 is 3.00 bits per heavy atom. The highest BCUT2D eigenvalue weighted by Crippen LogP contribution is 2.33. The van der Waals surface area contributed by atoms with Gasteiger partial charge in [0.15, 0.2) is 0 Å². The van der Waals surface area contributed by atoms with Gasteiger partial charge >= 0.3 is 18.3 Å². The van der Waals surface area contributed by atoms with Gasteiger partial charge in [0, 0.05) is 16.8 Å². The number of anilines is 2. The number of rotatable bonds is 4. The van der Waals surface area contributed by atoms with Gasteiger partial charge in [-0.15, -0.1) is 0 Å². The van der Waals surface area contributed by atoms with E-state index < -0.39 is 31.1 Å². The lowest BCUT2D eigenvalue weighted by molar-refractivity contribution is 0.132. The number of ether oxygens (including phenoxy) is 3. The number of carbonyl (C=O) groups excluding carboxylic acids is 3. The molecule has 2 aliphatic rings. The van der Waals surface area contributed by atoms with Crippen molar-refractivity contribution in [3.05, 3.63) is 23.3 Å². The lowest BCUT2D eigenvalue weighted by Crippen LogP contribution is -2.34. The Labute approximate surface area is 142 Å². The van der Waals surface area contributed by atoms with Crippen molar-refractivity contribution in [2.45, 2.75) is 19.4 Å². The van der Waals surface area contributed by atoms with E-state index in [0.29, 0.717) is 16.9 Å². The fraction of sp³-hybridized carbons (Fsp3) is 0.400. The largest absolute Gasteiger partial charge is 0.453 e. The standard InChI is InChI=1S/C15H16FN3O6/c1-23-13(20)17-5-11-6-19(15(22)25-11)10-2-8(4-16)12-9(3-10)7-24-14(21)18-12/h2-3,11H,4-7H2,1H3,(H,17,20)(H,18,21). The lowest BCUT2D eigenvalue weighted by atomic mass is 10.0. The SMILES string of the molecule is COC(=O)NCC1CN(c2cc(CF)c3c(c2)COC(=O)N3)C(=O)O1. The molecule has 0 aliphatic carbocycles. The van der Waals surface area contributed by atoms with Crippen molar-refractivity contribution in [1.82, 2.24) is 5.32 Å². The Bertz CT molecular complexity index is 708. The maximum absolute atomic E-state index is 13.3. The second kappa shape index (κ2) is 6.83. The Balaban J connectivity index is 1.78. The molecule has 9 nitrogen and oxygen atoms in total. The third-order valence-corrected chi connectivity index (χ3v) is 3.86. The van der Waals surface area contributed by atoms with Crippen molar-refractivity contribution >= 4 is 29.7 Å². The fourth-order valence-electron chi connectivity index (χ4n) is 2.67. The highest BCUT2D eigenvalue weighted by molar-refractivity contribution is 5.93. The number of benzene rings is 1. The van der Waals surface area contributed by atoms with E-state index in [2.05, 4.69) is 15.4 Å². The van der Waals surface area contributed by atoms with Crippen molar-refractivity contribution in [3.63, 3.8) is 0 Å². The molecular weight excluding hydrogens is 337 g/mol. The van der Waals surface area contributed by atoms with Gasteiger partial charge in [0.05, 0.1) is 25.9 Å². The number of cyclic esters (lactones) is 2. The summed E-state index contributed by atoms with van der Waals surface area (Å²) < 4.78 is 27.9. The predicted octanol–water partition coefficient (Wildman–Crippen LogP) is 1.90. The van der Waals surface area contributed by atoms with Gasteiger partial charge in [0.1, 0.15) is 19.4 Å². The summed E-state index contributed by atoms with van der Waals surface area (Å²) in [5.41, 5.74) is 1.59. The van der Waals surface area contributed by atoms with E-state index in [9.17, 15) is 18.8 Å². The zero-order chi connectivity index (χ0) is 18.0. The third kappa shape index (κ3) is 3.42. The van der Waals surface area contributed by atoms with E-state index >= 15 is 0 Å². The summed E-state index contributed by atoms with van der Waals surface area (Å²) in [5, 5.41) is 4.91. The second-order valence-corrected chi connectivity index (χ2v) is 5.46. The highest BCUT2D eigenvalue weighted by atomic mass is 19.1. The first kappa shape index (κ1) is 16.8. The number of amides is 3. The Kier molecular flexibility index (Phi) is 4.59. The molecule has 1 saturated heterocycles. The number of fused-ring (bicyclic) bond motifs is 1. The van der Waals surface area contributed by atoms with Gasteiger partial charge in [-0.25, -0.2) is 18.8 Å². The number of hydrogen-bond donors (Lipinski definition) is 2. The molecule has 1 unspecified atom stereocenters. The Morgan fingerprint density at radius 2 is 2.28 bits per heavy atom. The number of halogens is 1. The minimum absolute atomic E-state index is 0.0157. The van der Waals surface area contributed by atoms with E-state index in [0.717, 1.165) is 0 Å². The molecule has 2 aliphatic heterocycles. The van der Waals surface area contributed by atoms with E-state index in [1.165, 1.54) is 18.1 Å². The lowest BCUT2D eigenvalue weighted by Gasteiger charge is -2.23. The molecule has 0 radical (unpaired) electrons. The Hall–Kier alpha value is -3.04. The monoisotopic (exact) mass is 353 g/mol. The van der Waals surface area contributed by atoms with Gasteiger partial charge in [0.2, 0.25) is 0 Å². The normalized spacial score (nSPS) is 18.8. The van der Waals surface area contributed by atoms with Crippen molar-refractivity contribution in [3.8, 4) is 0 Å². The van der Waals surface area contributed by atoms with Crippen molar-refractivity contribution < 1.29 is 33.0 Å². The summed E-state index contributed by atoms with van der Waals surface area (Å²) in [5.74, 6) is 0. The molecule has 134 valence electrons. The number of hydrogen-bond acceptors (Lipinski definition) is 6. The van der Waals surface area contributed by atoms with Crippen LogP contribution in [-0.2, 0) is 27.5 Å². The fourth-order valence-corrected chi connectivity index (χ4v) is 2.67. The maximum Gasteiger partial charge on any atom is 0.414 e. The van der Waals surface area contributed by atoms with Crippen LogP contribution in [-0.4, -0.2) is 44.6 Å². The van der Waals surface area contributed by atoms with Gasteiger partial charge in [0.25, 0.3) is 0 Å². The molecule has 2 heterocycles. The number of alkyl halides is 1. The van der Waals surface area contributed by atoms with E-state index in [-0.39, 0.29) is 25.3 Å². The summed E-state index contributed by atoms with van der Waals surface area (Å²) in [6.45, 7) is -0.555. The molecule has 1 aromatic carbocycles. The van der Waals surface area contributed by atoms with Crippen molar-refractivity contribution in [1.29, 1.82) is 0 Å². The average molecular weight is 353 g/mol. The number of carbonyl (C=O) groups is 3. The highest BCUT2D eigenvalue weighted by Gasteiger charge is 2.34. The Morgan fingerprint density at radius 1 is 1.48 bits per heavy atom. The molecule has 1 fully saturated rings. The zero-order valence-electron chi connectivity index (χ0n) is 13.3. The summed E-state index contributed by atoms with van der Waals surface area (Å²) in [7, 11) is 1.23. The molecule has 0 saturated carbocycles. The van der Waals surface area contributed by atoms with Crippen LogP contribution in [0.4, 0.5) is 30.1 Å². The predicted molar refractivity (Wildman–Crippen MR) is 83.1 cm³/mol. The zero-order valence-corrected chi connectivity index (χ0v) is 13.3. The second-order valence-electron chi connectivity index (χ2n) is 5.46. The van der Waals surface area contributed by atoms with Crippen LogP contribution in [0.3, 0.4) is 0 Å². The van der Waals surface area contributed by atoms with Gasteiger partial charge in [-0.3, -0.25) is 10.2 Å². The smallest absolute Gasteiger partial charge is 0.414 e. The first-order valence-corrected chi connectivity index (χ1v) is 7.47. The van der Waals surface area contributed by atoms with Gasteiger partial charge in [-0.1, -0.05) is 0 Å². The van der Waals surface area contributed by atoms with Crippen LogP contribution >= 0.6 is 0 Å². The van der Waals surface area contributed by atoms with Crippen LogP contribution in [0.1, 0.15) is 11.1 Å². The van der Waals surface area contributed by atoms with Crippen LogP contribution < -0.4 is 15.5 Å². The maximum atomic E-state index is 13.3. The topological polar surface area (TPSA) is 106 Å². The van der Waals surface area contributed by atoms with Gasteiger partial charge in [-0.05, 0) is 12.1 Å². The van der Waals surface area contributed by atoms with Crippen LogP contribution in [0.5, 0.6) is 0 Å². The minimum Gasteiger partial charge on any atom is -0.453 e. The molecule has 0 aromatic heterocycles. The molecule has 10 heteroatoms. The van der Waals surface area contributed by atoms with Gasteiger partial charge in [-0.2, -0.15) is 0 Å². The molecular formula is C15H16FN3O6. The van der Waals surface area contributed by atoms with E-state index in [1.54, 1.807) is 6.07 Å². The van der Waals surface area contributed by atoms with E-state index in [4.69, 9.17) is 9.47 Å². The molecule has 1 aromatic rings. The quantitative estimate of drug-likeness (QED) is 0.801. The molecule has 3 amide bonds. The molecule has 0 spiro atoms. The third-order valence-electron chi connectivity index (χ3n) is 3.86. The van der Waals surface area contributed by atoms with Crippen molar-refractivity contribution in [2.75, 3.05) is 30.4 Å². The van der Waals surface area contributed by atoms with Gasteiger partial charge < -0.3 is 19.5 Å². The number of nitrogens with one attached hydrogen (secondary N) is 2. The average Bonchev–Trinajstić information content (AvgIpc) is 2.99. The summed E-state index contributed by atoms with van der Waals surface area (Å²) in [6.07, 6.45) is -2.45. The molecule has 25 heavy (non-hydrogen) atoms. The minimum atomic E-state index is -0.813. The molecule has 3 rings (SSSR count). The first-order valence-electron chi connectivity index (χ1n) is 7.47. The van der Waals surface area contributed by atoms with E-state index in [1.807, 2.05) is 0 Å².